The summed E-state index contributed by atoms with van der Waals surface area (Å²) >= 11 is 0. The number of hydrogen-bond donors (Lipinski definition) is 0. The standard InChI is InChI=1S/C22H24N2O/c1-16(2)24(4)22-14-21(10-9-20(22)11-12-25)19-7-5-18(6-8-19)13-17(3)15-23/h5-10,12,14,17H,1,11,13H2,2-4H3. The second-order valence-corrected chi connectivity index (χ2v) is 6.44. The van der Waals surface area contributed by atoms with Crippen LogP contribution in [0.15, 0.2) is 54.7 Å². The minimum absolute atomic E-state index is 0.0179. The van der Waals surface area contributed by atoms with E-state index in [0.717, 1.165) is 46.3 Å². The summed E-state index contributed by atoms with van der Waals surface area (Å²) in [5.41, 5.74) is 6.28. The van der Waals surface area contributed by atoms with Crippen LogP contribution in [0.1, 0.15) is 25.0 Å². The van der Waals surface area contributed by atoms with Gasteiger partial charge in [0.2, 0.25) is 0 Å². The van der Waals surface area contributed by atoms with Crippen LogP contribution in [0.5, 0.6) is 0 Å². The summed E-state index contributed by atoms with van der Waals surface area (Å²) in [6.07, 6.45) is 2.08. The smallest absolute Gasteiger partial charge is 0.124 e. The van der Waals surface area contributed by atoms with Crippen LogP contribution in [-0.4, -0.2) is 13.3 Å². The number of nitrogens with zero attached hydrogens (tertiary/aromatic N) is 2. The number of benzene rings is 2. The fraction of sp³-hybridized carbons (Fsp3) is 0.273. The van der Waals surface area contributed by atoms with Gasteiger partial charge in [-0.2, -0.15) is 5.26 Å². The summed E-state index contributed by atoms with van der Waals surface area (Å²) in [7, 11) is 1.96. The maximum absolute atomic E-state index is 11.0. The molecule has 0 saturated heterocycles. The SMILES string of the molecule is C=C(C)N(C)c1cc(-c2ccc(CC(C)C#N)cc2)ccc1CC=O. The van der Waals surface area contributed by atoms with E-state index in [1.54, 1.807) is 0 Å². The van der Waals surface area contributed by atoms with Gasteiger partial charge >= 0.3 is 0 Å². The molecule has 1 unspecified atom stereocenters. The highest BCUT2D eigenvalue weighted by Crippen LogP contribution is 2.30. The predicted molar refractivity (Wildman–Crippen MR) is 103 cm³/mol. The van der Waals surface area contributed by atoms with Crippen LogP contribution in [0, 0.1) is 17.2 Å². The molecule has 3 heteroatoms. The van der Waals surface area contributed by atoms with Crippen molar-refractivity contribution in [3.05, 3.63) is 65.9 Å². The summed E-state index contributed by atoms with van der Waals surface area (Å²) in [4.78, 5) is 13.0. The number of allylic oxidation sites excluding steroid dienone is 1. The zero-order valence-electron chi connectivity index (χ0n) is 15.1. The highest BCUT2D eigenvalue weighted by atomic mass is 16.1. The topological polar surface area (TPSA) is 44.1 Å². The zero-order valence-corrected chi connectivity index (χ0v) is 15.1. The van der Waals surface area contributed by atoms with Crippen molar-refractivity contribution in [2.24, 2.45) is 5.92 Å². The second kappa shape index (κ2) is 8.30. The third-order valence-corrected chi connectivity index (χ3v) is 4.37. The minimum atomic E-state index is 0.0179. The number of carbonyl (C=O) groups excluding carboxylic acids is 1. The van der Waals surface area contributed by atoms with Crippen molar-refractivity contribution >= 4 is 12.0 Å². The van der Waals surface area contributed by atoms with E-state index in [4.69, 9.17) is 5.26 Å². The van der Waals surface area contributed by atoms with Crippen LogP contribution in [0.4, 0.5) is 5.69 Å². The van der Waals surface area contributed by atoms with Gasteiger partial charge in [-0.3, -0.25) is 0 Å². The normalized spacial score (nSPS) is 11.4. The van der Waals surface area contributed by atoms with Crippen LogP contribution in [0.3, 0.4) is 0 Å². The number of hydrogen-bond acceptors (Lipinski definition) is 3. The van der Waals surface area contributed by atoms with Gasteiger partial charge in [0.05, 0.1) is 6.07 Å². The Morgan fingerprint density at radius 3 is 2.44 bits per heavy atom. The first-order valence-corrected chi connectivity index (χ1v) is 8.41. The molecule has 3 nitrogen and oxygen atoms in total. The molecule has 0 spiro atoms. The van der Waals surface area contributed by atoms with Gasteiger partial charge in [0.25, 0.3) is 0 Å². The van der Waals surface area contributed by atoms with Crippen molar-refractivity contribution in [2.75, 3.05) is 11.9 Å². The maximum Gasteiger partial charge on any atom is 0.124 e. The van der Waals surface area contributed by atoms with Crippen molar-refractivity contribution in [1.82, 2.24) is 0 Å². The van der Waals surface area contributed by atoms with Gasteiger partial charge in [0, 0.05) is 30.8 Å². The lowest BCUT2D eigenvalue weighted by atomic mass is 9.97. The number of nitriles is 1. The molecule has 2 aromatic carbocycles. The number of aldehydes is 1. The van der Waals surface area contributed by atoms with Crippen LogP contribution < -0.4 is 4.90 Å². The number of carbonyl (C=O) groups is 1. The molecule has 0 aliphatic heterocycles. The van der Waals surface area contributed by atoms with Crippen molar-refractivity contribution in [3.8, 4) is 17.2 Å². The lowest BCUT2D eigenvalue weighted by molar-refractivity contribution is -0.107. The number of rotatable bonds is 7. The van der Waals surface area contributed by atoms with Crippen molar-refractivity contribution < 1.29 is 4.79 Å². The van der Waals surface area contributed by atoms with Crippen molar-refractivity contribution in [3.63, 3.8) is 0 Å². The minimum Gasteiger partial charge on any atom is -0.349 e. The molecule has 25 heavy (non-hydrogen) atoms. The fourth-order valence-corrected chi connectivity index (χ4v) is 2.76. The van der Waals surface area contributed by atoms with E-state index in [1.165, 1.54) is 0 Å². The van der Waals surface area contributed by atoms with E-state index >= 15 is 0 Å². The van der Waals surface area contributed by atoms with Crippen molar-refractivity contribution in [1.29, 1.82) is 5.26 Å². The molecule has 0 saturated carbocycles. The van der Waals surface area contributed by atoms with Gasteiger partial charge in [0.1, 0.15) is 6.29 Å². The summed E-state index contributed by atoms with van der Waals surface area (Å²) in [5, 5.41) is 8.94. The molecule has 0 bridgehead atoms. The molecule has 128 valence electrons. The summed E-state index contributed by atoms with van der Waals surface area (Å²) in [6.45, 7) is 7.87. The van der Waals surface area contributed by atoms with E-state index in [1.807, 2.05) is 37.9 Å². The summed E-state index contributed by atoms with van der Waals surface area (Å²) in [5.74, 6) is 0.0179. The Bertz CT molecular complexity index is 800. The van der Waals surface area contributed by atoms with Crippen LogP contribution in [-0.2, 0) is 17.6 Å². The Balaban J connectivity index is 2.36. The Morgan fingerprint density at radius 1 is 1.24 bits per heavy atom. The highest BCUT2D eigenvalue weighted by molar-refractivity contribution is 5.74. The lowest BCUT2D eigenvalue weighted by Gasteiger charge is -2.23. The monoisotopic (exact) mass is 332 g/mol. The van der Waals surface area contributed by atoms with Crippen LogP contribution >= 0.6 is 0 Å². The van der Waals surface area contributed by atoms with Gasteiger partial charge in [-0.1, -0.05) is 43.0 Å². The van der Waals surface area contributed by atoms with E-state index in [-0.39, 0.29) is 5.92 Å². The first kappa shape index (κ1) is 18.5. The van der Waals surface area contributed by atoms with Crippen LogP contribution in [0.25, 0.3) is 11.1 Å². The average Bonchev–Trinajstić information content (AvgIpc) is 2.62. The lowest BCUT2D eigenvalue weighted by Crippen LogP contribution is -2.15. The molecule has 0 radical (unpaired) electrons. The molecule has 0 heterocycles. The molecule has 0 aliphatic carbocycles. The summed E-state index contributed by atoms with van der Waals surface area (Å²) in [6, 6.07) is 16.7. The largest absolute Gasteiger partial charge is 0.349 e. The van der Waals surface area contributed by atoms with Crippen LogP contribution in [0.2, 0.25) is 0 Å². The molecule has 2 rings (SSSR count). The first-order valence-electron chi connectivity index (χ1n) is 8.41. The second-order valence-electron chi connectivity index (χ2n) is 6.44. The quantitative estimate of drug-likeness (QED) is 0.686. The molecule has 0 fully saturated rings. The molecule has 1 atom stereocenters. The molecule has 0 N–H and O–H groups in total. The fourth-order valence-electron chi connectivity index (χ4n) is 2.76. The Kier molecular flexibility index (Phi) is 6.14. The van der Waals surface area contributed by atoms with E-state index in [0.29, 0.717) is 6.42 Å². The third kappa shape index (κ3) is 4.58. The van der Waals surface area contributed by atoms with Gasteiger partial charge in [-0.15, -0.1) is 0 Å². The van der Waals surface area contributed by atoms with Gasteiger partial charge in [0.15, 0.2) is 0 Å². The average molecular weight is 332 g/mol. The predicted octanol–water partition coefficient (Wildman–Crippen LogP) is 4.77. The summed E-state index contributed by atoms with van der Waals surface area (Å²) < 4.78 is 0. The van der Waals surface area contributed by atoms with Gasteiger partial charge in [-0.05, 0) is 48.6 Å². The first-order chi connectivity index (χ1) is 12.0. The van der Waals surface area contributed by atoms with E-state index < -0.39 is 0 Å². The Hall–Kier alpha value is -2.86. The molecule has 0 aromatic heterocycles. The van der Waals surface area contributed by atoms with E-state index in [9.17, 15) is 4.79 Å². The maximum atomic E-state index is 11.0. The highest BCUT2D eigenvalue weighted by Gasteiger charge is 2.10. The molecule has 0 amide bonds. The van der Waals surface area contributed by atoms with E-state index in [2.05, 4.69) is 43.0 Å². The molecule has 2 aromatic rings. The Labute approximate surface area is 150 Å². The molecular formula is C22H24N2O. The third-order valence-electron chi connectivity index (χ3n) is 4.37. The van der Waals surface area contributed by atoms with Gasteiger partial charge in [-0.25, -0.2) is 0 Å². The zero-order chi connectivity index (χ0) is 18.4. The Morgan fingerprint density at radius 2 is 1.88 bits per heavy atom. The molecular weight excluding hydrogens is 308 g/mol. The van der Waals surface area contributed by atoms with Gasteiger partial charge < -0.3 is 9.69 Å². The van der Waals surface area contributed by atoms with Crippen molar-refractivity contribution in [2.45, 2.75) is 26.7 Å². The molecule has 0 aliphatic rings. The number of anilines is 1.